The van der Waals surface area contributed by atoms with Crippen LogP contribution in [0.5, 0.6) is 5.75 Å². The number of benzene rings is 1. The summed E-state index contributed by atoms with van der Waals surface area (Å²) in [6, 6.07) is -0.250. The minimum absolute atomic E-state index is 0.00993. The molecule has 2 aromatic rings. The second-order valence-electron chi connectivity index (χ2n) is 4.30. The molecule has 0 saturated carbocycles. The Labute approximate surface area is 108 Å². The molecule has 0 fully saturated rings. The molecule has 0 amide bonds. The van der Waals surface area contributed by atoms with E-state index in [1.807, 2.05) is 11.9 Å². The van der Waals surface area contributed by atoms with Crippen molar-refractivity contribution < 1.29 is 11.6 Å². The molecule has 17 heavy (non-hydrogen) atoms. The van der Waals surface area contributed by atoms with Crippen LogP contribution in [0.4, 0.5) is 0 Å². The van der Waals surface area contributed by atoms with Crippen LogP contribution in [-0.4, -0.2) is 37.1 Å². The standard InChI is InChI=1S/C14H18N2O/c1-16-7-5-12-11-4-3-10(17-2)9-14(11)15-13(12)6-8-16/h3-4,9,15H,5-8H2,1-2H3/i3D,4D,5D2,9D. The average molecular weight is 235 g/mol. The molecule has 1 aromatic carbocycles. The summed E-state index contributed by atoms with van der Waals surface area (Å²) < 4.78 is 46.3. The molecule has 0 saturated heterocycles. The Morgan fingerprint density at radius 3 is 3.18 bits per heavy atom. The van der Waals surface area contributed by atoms with Crippen LogP contribution in [-0.2, 0) is 12.8 Å². The van der Waals surface area contributed by atoms with Crippen LogP contribution in [0.15, 0.2) is 18.1 Å². The lowest BCUT2D eigenvalue weighted by Crippen LogP contribution is -2.21. The molecule has 1 aromatic heterocycles. The third-order valence-corrected chi connectivity index (χ3v) is 3.09. The first-order valence-electron chi connectivity index (χ1n) is 8.15. The van der Waals surface area contributed by atoms with Crippen LogP contribution in [0.25, 0.3) is 10.9 Å². The minimum Gasteiger partial charge on any atom is -0.497 e. The van der Waals surface area contributed by atoms with Crippen LogP contribution in [0.2, 0.25) is 0 Å². The Morgan fingerprint density at radius 2 is 2.35 bits per heavy atom. The summed E-state index contributed by atoms with van der Waals surface area (Å²) in [6.07, 6.45) is -1.02. The summed E-state index contributed by atoms with van der Waals surface area (Å²) in [7, 11) is 3.24. The van der Waals surface area contributed by atoms with Crippen molar-refractivity contribution in [2.24, 2.45) is 0 Å². The van der Waals surface area contributed by atoms with Gasteiger partial charge in [0.1, 0.15) is 5.75 Å². The Balaban J connectivity index is 2.41. The van der Waals surface area contributed by atoms with Gasteiger partial charge in [0.15, 0.2) is 0 Å². The van der Waals surface area contributed by atoms with Gasteiger partial charge in [-0.15, -0.1) is 0 Å². The fourth-order valence-corrected chi connectivity index (χ4v) is 2.11. The van der Waals surface area contributed by atoms with Gasteiger partial charge in [-0.2, -0.15) is 0 Å². The molecule has 0 spiro atoms. The molecule has 1 N–H and O–H groups in total. The van der Waals surface area contributed by atoms with Crippen LogP contribution in [0, 0.1) is 0 Å². The highest BCUT2D eigenvalue weighted by Crippen LogP contribution is 2.28. The van der Waals surface area contributed by atoms with Crippen LogP contribution < -0.4 is 4.74 Å². The van der Waals surface area contributed by atoms with E-state index in [2.05, 4.69) is 4.98 Å². The highest BCUT2D eigenvalue weighted by Gasteiger charge is 2.16. The van der Waals surface area contributed by atoms with Gasteiger partial charge in [-0.25, -0.2) is 0 Å². The van der Waals surface area contributed by atoms with Gasteiger partial charge < -0.3 is 14.6 Å². The van der Waals surface area contributed by atoms with E-state index < -0.39 is 6.37 Å². The summed E-state index contributed by atoms with van der Waals surface area (Å²) in [5.41, 5.74) is 1.51. The maximum absolute atomic E-state index is 8.38. The lowest BCUT2D eigenvalue weighted by molar-refractivity contribution is 0.352. The van der Waals surface area contributed by atoms with Crippen molar-refractivity contribution in [1.29, 1.82) is 0 Å². The Hall–Kier alpha value is -1.48. The number of nitrogens with zero attached hydrogens (tertiary/aromatic N) is 1. The van der Waals surface area contributed by atoms with Crippen molar-refractivity contribution >= 4 is 10.9 Å². The fourth-order valence-electron chi connectivity index (χ4n) is 2.11. The van der Waals surface area contributed by atoms with Crippen molar-refractivity contribution in [2.75, 3.05) is 27.2 Å². The first-order chi connectivity index (χ1) is 10.3. The van der Waals surface area contributed by atoms with Gasteiger partial charge in [0, 0.05) is 44.9 Å². The molecule has 3 nitrogen and oxygen atoms in total. The first-order valence-corrected chi connectivity index (χ1v) is 5.65. The van der Waals surface area contributed by atoms with Gasteiger partial charge in [0.2, 0.25) is 0 Å². The van der Waals surface area contributed by atoms with Crippen LogP contribution >= 0.6 is 0 Å². The first kappa shape index (κ1) is 6.45. The third-order valence-electron chi connectivity index (χ3n) is 3.09. The molecule has 3 rings (SSSR count). The topological polar surface area (TPSA) is 28.3 Å². The Morgan fingerprint density at radius 1 is 1.47 bits per heavy atom. The molecule has 0 bridgehead atoms. The minimum atomic E-state index is -1.64. The maximum atomic E-state index is 8.38. The molecule has 1 aliphatic heterocycles. The van der Waals surface area contributed by atoms with E-state index in [1.54, 1.807) is 0 Å². The zero-order valence-corrected chi connectivity index (χ0v) is 9.98. The summed E-state index contributed by atoms with van der Waals surface area (Å²) in [5.74, 6) is 0.0478. The molecule has 1 aliphatic rings. The molecular weight excluding hydrogens is 212 g/mol. The van der Waals surface area contributed by atoms with Gasteiger partial charge in [-0.3, -0.25) is 0 Å². The van der Waals surface area contributed by atoms with E-state index in [0.29, 0.717) is 35.1 Å². The van der Waals surface area contributed by atoms with E-state index in [1.165, 1.54) is 7.11 Å². The Kier molecular flexibility index (Phi) is 1.55. The second-order valence-corrected chi connectivity index (χ2v) is 4.30. The smallest absolute Gasteiger partial charge is 0.120 e. The molecule has 3 heteroatoms. The molecule has 0 atom stereocenters. The summed E-state index contributed by atoms with van der Waals surface area (Å²) in [5, 5.41) is 0.339. The molecule has 0 unspecified atom stereocenters. The zero-order chi connectivity index (χ0) is 16.2. The predicted octanol–water partition coefficient (Wildman–Crippen LogP) is 2.21. The number of H-pyrrole nitrogens is 1. The SMILES string of the molecule is [2H]c1c(OC)c([2H])c2[nH]c3c(c2c1[2H])C([2H])([2H])CN(C)CC3. The number of ether oxygens (including phenoxy) is 1. The van der Waals surface area contributed by atoms with E-state index in [-0.39, 0.29) is 30.4 Å². The van der Waals surface area contributed by atoms with Crippen molar-refractivity contribution in [1.82, 2.24) is 9.88 Å². The average Bonchev–Trinajstić information content (AvgIpc) is 2.79. The maximum Gasteiger partial charge on any atom is 0.120 e. The molecule has 0 aliphatic carbocycles. The van der Waals surface area contributed by atoms with Gasteiger partial charge in [-0.1, -0.05) is 0 Å². The number of aromatic amines is 1. The van der Waals surface area contributed by atoms with Gasteiger partial charge in [-0.05, 0) is 31.1 Å². The lowest BCUT2D eigenvalue weighted by atomic mass is 10.1. The fraction of sp³-hybridized carbons (Fsp3) is 0.429. The number of fused-ring (bicyclic) bond motifs is 3. The quantitative estimate of drug-likeness (QED) is 0.821. The van der Waals surface area contributed by atoms with Crippen LogP contribution in [0.1, 0.15) is 18.1 Å². The van der Waals surface area contributed by atoms with E-state index in [0.717, 1.165) is 0 Å². The number of hydrogen-bond acceptors (Lipinski definition) is 2. The van der Waals surface area contributed by atoms with Crippen molar-refractivity contribution in [3.8, 4) is 5.75 Å². The number of hydrogen-bond donors (Lipinski definition) is 1. The van der Waals surface area contributed by atoms with Gasteiger partial charge in [0.25, 0.3) is 0 Å². The number of rotatable bonds is 1. The number of likely N-dealkylation sites (N-methyl/N-ethyl adjacent to an activating group) is 1. The summed E-state index contributed by atoms with van der Waals surface area (Å²) in [6.45, 7) is 0.921. The lowest BCUT2D eigenvalue weighted by Gasteiger charge is -2.11. The van der Waals surface area contributed by atoms with E-state index >= 15 is 0 Å². The third kappa shape index (κ3) is 1.80. The second kappa shape index (κ2) is 4.08. The largest absolute Gasteiger partial charge is 0.497 e. The van der Waals surface area contributed by atoms with Crippen molar-refractivity contribution in [2.45, 2.75) is 12.8 Å². The van der Waals surface area contributed by atoms with Gasteiger partial charge in [0.05, 0.1) is 11.2 Å². The molecule has 0 radical (unpaired) electrons. The van der Waals surface area contributed by atoms with E-state index in [4.69, 9.17) is 11.6 Å². The van der Waals surface area contributed by atoms with Crippen molar-refractivity contribution in [3.63, 3.8) is 0 Å². The molecular formula is C14H18N2O. The summed E-state index contributed by atoms with van der Waals surface area (Å²) in [4.78, 5) is 5.02. The normalized spacial score (nSPS) is 24.0. The van der Waals surface area contributed by atoms with Gasteiger partial charge >= 0.3 is 0 Å². The summed E-state index contributed by atoms with van der Waals surface area (Å²) >= 11 is 0. The Bertz CT molecular complexity index is 756. The highest BCUT2D eigenvalue weighted by atomic mass is 16.5. The number of aromatic nitrogens is 1. The highest BCUT2D eigenvalue weighted by molar-refractivity contribution is 5.86. The molecule has 2 heterocycles. The number of nitrogens with one attached hydrogen (secondary N) is 1. The number of methoxy groups -OCH3 is 1. The van der Waals surface area contributed by atoms with Crippen molar-refractivity contribution in [3.05, 3.63) is 29.4 Å². The molecule has 90 valence electrons. The predicted molar refractivity (Wildman–Crippen MR) is 69.8 cm³/mol. The van der Waals surface area contributed by atoms with E-state index in [9.17, 15) is 0 Å². The van der Waals surface area contributed by atoms with Crippen LogP contribution in [0.3, 0.4) is 0 Å². The monoisotopic (exact) mass is 235 g/mol. The zero-order valence-electron chi connectivity index (χ0n) is 15.0.